The third kappa shape index (κ3) is 3.48. The largest absolute Gasteiger partial charge is 0.493 e. The lowest BCUT2D eigenvalue weighted by atomic mass is 10.2. The van der Waals surface area contributed by atoms with E-state index in [4.69, 9.17) is 9.15 Å². The molecule has 8 heteroatoms. The number of carbonyl (C=O) groups is 1. The number of aldehydes is 1. The molecular formula is C15H12BrN3O3S. The number of rotatable bonds is 6. The van der Waals surface area contributed by atoms with Crippen molar-refractivity contribution < 1.29 is 13.9 Å². The predicted octanol–water partition coefficient (Wildman–Crippen LogP) is 4.19. The fourth-order valence-corrected chi connectivity index (χ4v) is 3.17. The molecule has 0 aliphatic carbocycles. The Labute approximate surface area is 144 Å². The number of hydrogen-bond acceptors (Lipinski definition) is 6. The second-order valence-corrected chi connectivity index (χ2v) is 6.19. The Hall–Kier alpha value is -2.06. The van der Waals surface area contributed by atoms with Crippen molar-refractivity contribution in [1.29, 1.82) is 0 Å². The third-order valence-corrected chi connectivity index (χ3v) is 4.59. The Balaban J connectivity index is 1.86. The summed E-state index contributed by atoms with van der Waals surface area (Å²) in [5, 5.41) is 8.07. The number of H-pyrrole nitrogens is 1. The molecule has 0 aliphatic heterocycles. The number of halogens is 1. The highest BCUT2D eigenvalue weighted by atomic mass is 79.9. The van der Waals surface area contributed by atoms with Gasteiger partial charge in [0, 0.05) is 6.07 Å². The van der Waals surface area contributed by atoms with E-state index in [2.05, 4.69) is 31.1 Å². The van der Waals surface area contributed by atoms with Gasteiger partial charge < -0.3 is 9.15 Å². The van der Waals surface area contributed by atoms with Gasteiger partial charge in [-0.3, -0.25) is 9.89 Å². The number of carbonyl (C=O) groups excluding carboxylic acids is 1. The second kappa shape index (κ2) is 7.01. The van der Waals surface area contributed by atoms with E-state index in [0.717, 1.165) is 11.3 Å². The van der Waals surface area contributed by atoms with Crippen molar-refractivity contribution in [2.45, 2.75) is 17.2 Å². The van der Waals surface area contributed by atoms with Crippen LogP contribution in [0.3, 0.4) is 0 Å². The van der Waals surface area contributed by atoms with Crippen LogP contribution in [-0.2, 0) is 0 Å². The van der Waals surface area contributed by atoms with Gasteiger partial charge >= 0.3 is 0 Å². The summed E-state index contributed by atoms with van der Waals surface area (Å²) in [4.78, 5) is 15.2. The summed E-state index contributed by atoms with van der Waals surface area (Å²) in [6, 6.07) is 9.21. The highest BCUT2D eigenvalue weighted by Gasteiger charge is 2.15. The first kappa shape index (κ1) is 15.8. The van der Waals surface area contributed by atoms with Gasteiger partial charge in [0.2, 0.25) is 5.16 Å². The minimum Gasteiger partial charge on any atom is -0.493 e. The summed E-state index contributed by atoms with van der Waals surface area (Å²) >= 11 is 4.56. The first-order chi connectivity index (χ1) is 11.2. The minimum absolute atomic E-state index is 0.247. The quantitative estimate of drug-likeness (QED) is 0.632. The molecule has 23 heavy (non-hydrogen) atoms. The van der Waals surface area contributed by atoms with Crippen LogP contribution < -0.4 is 4.74 Å². The standard InChI is InChI=1S/C15H12BrN3O3S/c1-2-21-12-6-4-3-5-10(12)13-17-15(19-18-13)23-14-11(16)7-9(8-20)22-14/h3-8H,2H2,1H3,(H,17,18,19). The molecule has 0 atom stereocenters. The highest BCUT2D eigenvalue weighted by molar-refractivity contribution is 9.10. The third-order valence-electron chi connectivity index (χ3n) is 2.88. The number of ether oxygens (including phenoxy) is 1. The van der Waals surface area contributed by atoms with Crippen LogP contribution in [0.2, 0.25) is 0 Å². The number of hydrogen-bond donors (Lipinski definition) is 1. The van der Waals surface area contributed by atoms with Gasteiger partial charge in [-0.1, -0.05) is 12.1 Å². The SMILES string of the molecule is CCOc1ccccc1-c1nc(Sc2oc(C=O)cc2Br)n[nH]1. The Morgan fingerprint density at radius 2 is 2.26 bits per heavy atom. The van der Waals surface area contributed by atoms with Crippen LogP contribution in [0, 0.1) is 0 Å². The number of nitrogens with zero attached hydrogens (tertiary/aromatic N) is 2. The van der Waals surface area contributed by atoms with Crippen LogP contribution in [0.5, 0.6) is 5.75 Å². The summed E-state index contributed by atoms with van der Waals surface area (Å²) in [6.45, 7) is 2.50. The van der Waals surface area contributed by atoms with Crippen LogP contribution in [0.25, 0.3) is 11.4 Å². The van der Waals surface area contributed by atoms with Gasteiger partial charge in [-0.2, -0.15) is 0 Å². The van der Waals surface area contributed by atoms with Crippen molar-refractivity contribution >= 4 is 34.0 Å². The van der Waals surface area contributed by atoms with Gasteiger partial charge in [-0.15, -0.1) is 5.10 Å². The van der Waals surface area contributed by atoms with Crippen LogP contribution in [0.15, 0.2) is 49.5 Å². The fourth-order valence-electron chi connectivity index (χ4n) is 1.94. The lowest BCUT2D eigenvalue weighted by molar-refractivity contribution is 0.109. The fraction of sp³-hybridized carbons (Fsp3) is 0.133. The Bertz CT molecular complexity index is 831. The van der Waals surface area contributed by atoms with E-state index in [0.29, 0.717) is 33.4 Å². The number of furan rings is 1. The van der Waals surface area contributed by atoms with E-state index < -0.39 is 0 Å². The first-order valence-corrected chi connectivity index (χ1v) is 8.39. The molecule has 0 unspecified atom stereocenters. The first-order valence-electron chi connectivity index (χ1n) is 6.78. The lowest BCUT2D eigenvalue weighted by Crippen LogP contribution is -1.94. The molecule has 0 saturated carbocycles. The molecule has 0 fully saturated rings. The molecule has 2 heterocycles. The second-order valence-electron chi connectivity index (χ2n) is 4.40. The van der Waals surface area contributed by atoms with Crippen molar-refractivity contribution in [3.63, 3.8) is 0 Å². The van der Waals surface area contributed by atoms with Gasteiger partial charge in [0.15, 0.2) is 23.0 Å². The molecule has 0 radical (unpaired) electrons. The molecule has 3 aromatic rings. The molecule has 0 aliphatic rings. The van der Waals surface area contributed by atoms with Crippen molar-refractivity contribution in [1.82, 2.24) is 15.2 Å². The van der Waals surface area contributed by atoms with E-state index in [-0.39, 0.29) is 5.76 Å². The van der Waals surface area contributed by atoms with Crippen molar-refractivity contribution in [2.24, 2.45) is 0 Å². The van der Waals surface area contributed by atoms with E-state index in [1.807, 2.05) is 31.2 Å². The Morgan fingerprint density at radius 1 is 1.43 bits per heavy atom. The minimum atomic E-state index is 0.247. The number of aromatic amines is 1. The number of aromatic nitrogens is 3. The van der Waals surface area contributed by atoms with E-state index in [1.165, 1.54) is 11.8 Å². The maximum atomic E-state index is 10.7. The summed E-state index contributed by atoms with van der Waals surface area (Å²) in [6.07, 6.45) is 0.649. The molecule has 0 spiro atoms. The Morgan fingerprint density at radius 3 is 3.00 bits per heavy atom. The molecule has 0 amide bonds. The van der Waals surface area contributed by atoms with E-state index in [1.54, 1.807) is 6.07 Å². The average molecular weight is 394 g/mol. The van der Waals surface area contributed by atoms with E-state index in [9.17, 15) is 4.79 Å². The summed E-state index contributed by atoms with van der Waals surface area (Å²) in [7, 11) is 0. The van der Waals surface area contributed by atoms with Crippen LogP contribution in [0.4, 0.5) is 0 Å². The summed E-state index contributed by atoms with van der Waals surface area (Å²) in [5.74, 6) is 1.59. The highest BCUT2D eigenvalue weighted by Crippen LogP contribution is 2.35. The zero-order valence-electron chi connectivity index (χ0n) is 12.1. The van der Waals surface area contributed by atoms with Gasteiger partial charge in [0.05, 0.1) is 16.6 Å². The molecule has 6 nitrogen and oxygen atoms in total. The zero-order chi connectivity index (χ0) is 16.2. The smallest absolute Gasteiger partial charge is 0.216 e. The number of para-hydroxylation sites is 1. The monoisotopic (exact) mass is 393 g/mol. The molecule has 0 bridgehead atoms. The zero-order valence-corrected chi connectivity index (χ0v) is 14.5. The van der Waals surface area contributed by atoms with Gasteiger partial charge in [-0.05, 0) is 46.7 Å². The topological polar surface area (TPSA) is 81.0 Å². The van der Waals surface area contributed by atoms with Gasteiger partial charge in [0.25, 0.3) is 0 Å². The maximum absolute atomic E-state index is 10.7. The normalized spacial score (nSPS) is 10.7. The molecule has 0 saturated heterocycles. The molecule has 1 N–H and O–H groups in total. The average Bonchev–Trinajstić information content (AvgIpc) is 3.16. The van der Waals surface area contributed by atoms with Crippen LogP contribution >= 0.6 is 27.7 Å². The van der Waals surface area contributed by atoms with Crippen molar-refractivity contribution in [2.75, 3.05) is 6.61 Å². The lowest BCUT2D eigenvalue weighted by Gasteiger charge is -2.06. The van der Waals surface area contributed by atoms with Crippen LogP contribution in [0.1, 0.15) is 17.5 Å². The summed E-state index contributed by atoms with van der Waals surface area (Å²) < 4.78 is 11.7. The van der Waals surface area contributed by atoms with E-state index >= 15 is 0 Å². The van der Waals surface area contributed by atoms with Crippen LogP contribution in [-0.4, -0.2) is 28.1 Å². The number of benzene rings is 1. The molecule has 2 aromatic heterocycles. The van der Waals surface area contributed by atoms with Crippen molar-refractivity contribution in [3.05, 3.63) is 40.6 Å². The Kier molecular flexibility index (Phi) is 4.82. The maximum Gasteiger partial charge on any atom is 0.216 e. The van der Waals surface area contributed by atoms with Crippen molar-refractivity contribution in [3.8, 4) is 17.1 Å². The van der Waals surface area contributed by atoms with Gasteiger partial charge in [-0.25, -0.2) is 4.98 Å². The van der Waals surface area contributed by atoms with Gasteiger partial charge in [0.1, 0.15) is 5.75 Å². The molecular weight excluding hydrogens is 382 g/mol. The summed E-state index contributed by atoms with van der Waals surface area (Å²) in [5.41, 5.74) is 0.834. The molecule has 3 rings (SSSR count). The molecule has 1 aromatic carbocycles. The number of nitrogens with one attached hydrogen (secondary N) is 1. The molecule has 118 valence electrons. The predicted molar refractivity (Wildman–Crippen MR) is 88.9 cm³/mol.